The van der Waals surface area contributed by atoms with Gasteiger partial charge in [0.25, 0.3) is 0 Å². The van der Waals surface area contributed by atoms with Gasteiger partial charge in [0.15, 0.2) is 5.82 Å². The summed E-state index contributed by atoms with van der Waals surface area (Å²) in [4.78, 5) is 0. The molecule has 0 radical (unpaired) electrons. The second-order valence-corrected chi connectivity index (χ2v) is 6.21. The summed E-state index contributed by atoms with van der Waals surface area (Å²) in [5.74, 6) is 0.519. The highest BCUT2D eigenvalue weighted by Crippen LogP contribution is 2.32. The zero-order valence-corrected chi connectivity index (χ0v) is 14.5. The lowest BCUT2D eigenvalue weighted by atomic mass is 9.96. The van der Waals surface area contributed by atoms with Crippen LogP contribution >= 0.6 is 0 Å². The predicted molar refractivity (Wildman–Crippen MR) is 102 cm³/mol. The van der Waals surface area contributed by atoms with E-state index in [0.29, 0.717) is 17.7 Å². The molecular formula is C22H19FN2O. The maximum absolute atomic E-state index is 14.9. The number of halogens is 1. The van der Waals surface area contributed by atoms with Crippen molar-refractivity contribution in [2.24, 2.45) is 0 Å². The lowest BCUT2D eigenvalue weighted by Crippen LogP contribution is -1.97. The van der Waals surface area contributed by atoms with E-state index in [-0.39, 0.29) is 5.82 Å². The van der Waals surface area contributed by atoms with E-state index in [1.165, 1.54) is 0 Å². The first-order valence-electron chi connectivity index (χ1n) is 8.68. The first-order valence-corrected chi connectivity index (χ1v) is 8.68. The summed E-state index contributed by atoms with van der Waals surface area (Å²) in [7, 11) is 0. The fraction of sp³-hybridized carbons (Fsp3) is 0.136. The maximum Gasteiger partial charge on any atom is 0.156 e. The smallest absolute Gasteiger partial charge is 0.156 e. The zero-order chi connectivity index (χ0) is 17.9. The number of nitrogens with zero attached hydrogens (tertiary/aromatic N) is 1. The van der Waals surface area contributed by atoms with Gasteiger partial charge in [0.2, 0.25) is 0 Å². The Kier molecular flexibility index (Phi) is 4.40. The molecule has 0 aliphatic rings. The third-order valence-electron chi connectivity index (χ3n) is 4.55. The average molecular weight is 346 g/mol. The Bertz CT molecular complexity index is 1040. The number of fused-ring (bicyclic) bond motifs is 1. The largest absolute Gasteiger partial charge is 0.489 e. The second-order valence-electron chi connectivity index (χ2n) is 6.21. The van der Waals surface area contributed by atoms with Crippen molar-refractivity contribution in [3.05, 3.63) is 83.8 Å². The van der Waals surface area contributed by atoms with Crippen LogP contribution in [0, 0.1) is 5.82 Å². The van der Waals surface area contributed by atoms with E-state index in [1.54, 1.807) is 6.20 Å². The number of aromatic amines is 1. The number of aromatic nitrogens is 2. The number of nitrogens with one attached hydrogen (secondary N) is 1. The molecule has 0 unspecified atom stereocenters. The van der Waals surface area contributed by atoms with Crippen LogP contribution in [0.3, 0.4) is 0 Å². The van der Waals surface area contributed by atoms with Gasteiger partial charge in [0.1, 0.15) is 17.9 Å². The molecule has 0 spiro atoms. The molecule has 0 aliphatic carbocycles. The van der Waals surface area contributed by atoms with E-state index >= 15 is 0 Å². The Morgan fingerprint density at radius 1 is 1.00 bits per heavy atom. The standard InChI is InChI=1S/C22H19FN2O/c1-2-16-12-18(26-14-15-6-4-3-5-7-15)9-11-19(16)20-10-8-17-13-24-25-22(17)21(20)23/h3-13H,2,14H2,1H3,(H,24,25). The Balaban J connectivity index is 1.65. The number of hydrogen-bond acceptors (Lipinski definition) is 2. The van der Waals surface area contributed by atoms with Crippen molar-refractivity contribution < 1.29 is 9.13 Å². The average Bonchev–Trinajstić information content (AvgIpc) is 3.17. The molecule has 4 rings (SSSR count). The Morgan fingerprint density at radius 3 is 2.62 bits per heavy atom. The number of rotatable bonds is 5. The van der Waals surface area contributed by atoms with Crippen molar-refractivity contribution in [2.45, 2.75) is 20.0 Å². The molecule has 0 aliphatic heterocycles. The maximum atomic E-state index is 14.9. The van der Waals surface area contributed by atoms with Gasteiger partial charge in [-0.15, -0.1) is 0 Å². The fourth-order valence-electron chi connectivity index (χ4n) is 3.14. The summed E-state index contributed by atoms with van der Waals surface area (Å²) in [5.41, 5.74) is 4.06. The van der Waals surface area contributed by atoms with Crippen molar-refractivity contribution in [3.8, 4) is 16.9 Å². The number of aryl methyl sites for hydroxylation is 1. The van der Waals surface area contributed by atoms with E-state index < -0.39 is 0 Å². The minimum Gasteiger partial charge on any atom is -0.489 e. The van der Waals surface area contributed by atoms with E-state index in [0.717, 1.165) is 34.2 Å². The topological polar surface area (TPSA) is 37.9 Å². The summed E-state index contributed by atoms with van der Waals surface area (Å²) in [5, 5.41) is 7.43. The number of H-pyrrole nitrogens is 1. The van der Waals surface area contributed by atoms with Gasteiger partial charge in [-0.2, -0.15) is 5.10 Å². The molecule has 4 heteroatoms. The molecule has 0 saturated heterocycles. The summed E-state index contributed by atoms with van der Waals surface area (Å²) in [6.45, 7) is 2.57. The van der Waals surface area contributed by atoms with Gasteiger partial charge < -0.3 is 4.74 Å². The van der Waals surface area contributed by atoms with Gasteiger partial charge in [-0.1, -0.05) is 55.5 Å². The first kappa shape index (κ1) is 16.3. The highest BCUT2D eigenvalue weighted by Gasteiger charge is 2.14. The van der Waals surface area contributed by atoms with Crippen LogP contribution in [0.15, 0.2) is 66.9 Å². The van der Waals surface area contributed by atoms with E-state index in [2.05, 4.69) is 17.1 Å². The van der Waals surface area contributed by atoms with Crippen LogP contribution in [0.4, 0.5) is 4.39 Å². The van der Waals surface area contributed by atoms with Crippen LogP contribution in [0.2, 0.25) is 0 Å². The lowest BCUT2D eigenvalue weighted by molar-refractivity contribution is 0.306. The molecule has 130 valence electrons. The summed E-state index contributed by atoms with van der Waals surface area (Å²) in [6, 6.07) is 19.6. The van der Waals surface area contributed by atoms with Crippen LogP contribution in [0.1, 0.15) is 18.1 Å². The van der Waals surface area contributed by atoms with Gasteiger partial charge in [-0.3, -0.25) is 5.10 Å². The molecule has 0 fully saturated rings. The van der Waals surface area contributed by atoms with Crippen LogP contribution < -0.4 is 4.74 Å². The predicted octanol–water partition coefficient (Wildman–Crippen LogP) is 5.51. The van der Waals surface area contributed by atoms with E-state index in [4.69, 9.17) is 4.74 Å². The normalized spacial score (nSPS) is 11.0. The Morgan fingerprint density at radius 2 is 1.81 bits per heavy atom. The Hall–Kier alpha value is -3.14. The number of benzene rings is 3. The molecular weight excluding hydrogens is 327 g/mol. The van der Waals surface area contributed by atoms with Crippen molar-refractivity contribution >= 4 is 10.9 Å². The van der Waals surface area contributed by atoms with Crippen LogP contribution in [0.25, 0.3) is 22.0 Å². The molecule has 4 aromatic rings. The zero-order valence-electron chi connectivity index (χ0n) is 14.5. The van der Waals surface area contributed by atoms with Gasteiger partial charge in [0, 0.05) is 10.9 Å². The fourth-order valence-corrected chi connectivity index (χ4v) is 3.14. The van der Waals surface area contributed by atoms with Gasteiger partial charge >= 0.3 is 0 Å². The van der Waals surface area contributed by atoms with Gasteiger partial charge in [-0.25, -0.2) is 4.39 Å². The third kappa shape index (κ3) is 3.06. The molecule has 1 aromatic heterocycles. The number of hydrogen-bond donors (Lipinski definition) is 1. The SMILES string of the molecule is CCc1cc(OCc2ccccc2)ccc1-c1ccc2cn[nH]c2c1F. The van der Waals surface area contributed by atoms with Crippen LogP contribution in [-0.4, -0.2) is 10.2 Å². The van der Waals surface area contributed by atoms with E-state index in [1.807, 2.05) is 60.7 Å². The molecule has 0 saturated carbocycles. The van der Waals surface area contributed by atoms with Crippen molar-refractivity contribution in [1.29, 1.82) is 0 Å². The first-order chi connectivity index (χ1) is 12.8. The molecule has 1 heterocycles. The van der Waals surface area contributed by atoms with E-state index in [9.17, 15) is 4.39 Å². The molecule has 3 nitrogen and oxygen atoms in total. The summed E-state index contributed by atoms with van der Waals surface area (Å²) in [6.07, 6.45) is 2.42. The highest BCUT2D eigenvalue weighted by atomic mass is 19.1. The second kappa shape index (κ2) is 7.00. The molecule has 0 amide bonds. The highest BCUT2D eigenvalue weighted by molar-refractivity contribution is 5.85. The minimum atomic E-state index is -0.271. The minimum absolute atomic E-state index is 0.271. The monoisotopic (exact) mass is 346 g/mol. The quantitative estimate of drug-likeness (QED) is 0.517. The molecule has 26 heavy (non-hydrogen) atoms. The number of ether oxygens (including phenoxy) is 1. The molecule has 0 atom stereocenters. The summed E-state index contributed by atoms with van der Waals surface area (Å²) < 4.78 is 20.8. The summed E-state index contributed by atoms with van der Waals surface area (Å²) >= 11 is 0. The van der Waals surface area contributed by atoms with Gasteiger partial charge in [-0.05, 0) is 35.2 Å². The molecule has 0 bridgehead atoms. The lowest BCUT2D eigenvalue weighted by Gasteiger charge is -2.13. The van der Waals surface area contributed by atoms with Crippen LogP contribution in [-0.2, 0) is 13.0 Å². The van der Waals surface area contributed by atoms with Crippen molar-refractivity contribution in [1.82, 2.24) is 10.2 Å². The Labute approximate surface area is 151 Å². The van der Waals surface area contributed by atoms with Crippen molar-refractivity contribution in [3.63, 3.8) is 0 Å². The molecule has 1 N–H and O–H groups in total. The molecule has 3 aromatic carbocycles. The van der Waals surface area contributed by atoms with Gasteiger partial charge in [0.05, 0.1) is 6.20 Å². The van der Waals surface area contributed by atoms with Crippen molar-refractivity contribution in [2.75, 3.05) is 0 Å². The van der Waals surface area contributed by atoms with Crippen LogP contribution in [0.5, 0.6) is 5.75 Å². The third-order valence-corrected chi connectivity index (χ3v) is 4.55.